The van der Waals surface area contributed by atoms with Crippen LogP contribution < -0.4 is 10.2 Å². The molecule has 0 bridgehead atoms. The molecule has 0 radical (unpaired) electrons. The van der Waals surface area contributed by atoms with Crippen molar-refractivity contribution in [3.63, 3.8) is 0 Å². The van der Waals surface area contributed by atoms with E-state index in [0.29, 0.717) is 39.3 Å². The molecular weight excluding hydrogens is 416 g/mol. The average molecular weight is 441 g/mol. The van der Waals surface area contributed by atoms with Crippen LogP contribution in [-0.2, 0) is 6.54 Å². The minimum absolute atomic E-state index is 0.259. The van der Waals surface area contributed by atoms with Crippen molar-refractivity contribution in [1.29, 1.82) is 5.26 Å². The number of fused-ring (bicyclic) bond motifs is 2. The molecule has 2 atom stereocenters. The van der Waals surface area contributed by atoms with Crippen molar-refractivity contribution in [2.75, 3.05) is 23.3 Å². The van der Waals surface area contributed by atoms with Crippen LogP contribution in [0.4, 0.5) is 17.5 Å². The Morgan fingerprint density at radius 1 is 1.45 bits per heavy atom. The summed E-state index contributed by atoms with van der Waals surface area (Å²) in [6.07, 6.45) is 5.69. The maximum Gasteiger partial charge on any atom is 0.231 e. The van der Waals surface area contributed by atoms with E-state index >= 15 is 0 Å². The van der Waals surface area contributed by atoms with Gasteiger partial charge in [0.05, 0.1) is 35.0 Å². The predicted molar refractivity (Wildman–Crippen MR) is 118 cm³/mol. The third-order valence-electron chi connectivity index (χ3n) is 6.50. The minimum Gasteiger partial charge on any atom is -0.389 e. The maximum absolute atomic E-state index is 10.1. The Morgan fingerprint density at radius 2 is 2.26 bits per heavy atom. The highest BCUT2D eigenvalue weighted by Gasteiger charge is 2.58. The SMILES string of the molecule is CCC12CC1CN(c1nc(Nc3cnn(CC(C)(C)O)c3Cl)nc3[nH]cc(C#N)c13)C2. The number of nitrogens with zero attached hydrogens (tertiary/aromatic N) is 6. The summed E-state index contributed by atoms with van der Waals surface area (Å²) in [7, 11) is 0. The zero-order chi connectivity index (χ0) is 22.0. The number of aliphatic hydroxyl groups is 1. The van der Waals surface area contributed by atoms with Gasteiger partial charge in [0.2, 0.25) is 5.95 Å². The van der Waals surface area contributed by atoms with E-state index in [2.05, 4.69) is 38.3 Å². The first kappa shape index (κ1) is 20.1. The van der Waals surface area contributed by atoms with Crippen LogP contribution in [0.2, 0.25) is 5.15 Å². The van der Waals surface area contributed by atoms with E-state index in [0.717, 1.165) is 30.7 Å². The third-order valence-corrected chi connectivity index (χ3v) is 6.90. The highest BCUT2D eigenvalue weighted by Crippen LogP contribution is 2.60. The van der Waals surface area contributed by atoms with Gasteiger partial charge in [-0.3, -0.25) is 0 Å². The summed E-state index contributed by atoms with van der Waals surface area (Å²) < 4.78 is 1.53. The molecule has 1 aliphatic heterocycles. The quantitative estimate of drug-likeness (QED) is 0.537. The van der Waals surface area contributed by atoms with Gasteiger partial charge in [0.25, 0.3) is 0 Å². The van der Waals surface area contributed by atoms with Gasteiger partial charge in [-0.25, -0.2) is 4.68 Å². The number of aromatic nitrogens is 5. The van der Waals surface area contributed by atoms with Gasteiger partial charge in [-0.15, -0.1) is 0 Å². The van der Waals surface area contributed by atoms with Gasteiger partial charge in [0.1, 0.15) is 17.5 Å². The molecule has 1 saturated heterocycles. The van der Waals surface area contributed by atoms with Crippen molar-refractivity contribution in [1.82, 2.24) is 24.7 Å². The zero-order valence-electron chi connectivity index (χ0n) is 17.8. The summed E-state index contributed by atoms with van der Waals surface area (Å²) in [6, 6.07) is 2.25. The fourth-order valence-corrected chi connectivity index (χ4v) is 4.94. The topological polar surface area (TPSA) is 119 Å². The van der Waals surface area contributed by atoms with E-state index in [9.17, 15) is 10.4 Å². The molecule has 2 fully saturated rings. The van der Waals surface area contributed by atoms with Crippen molar-refractivity contribution < 1.29 is 5.11 Å². The summed E-state index contributed by atoms with van der Waals surface area (Å²) >= 11 is 6.46. The fraction of sp³-hybridized carbons (Fsp3) is 0.524. The molecule has 4 heterocycles. The highest BCUT2D eigenvalue weighted by molar-refractivity contribution is 6.32. The molecule has 10 heteroatoms. The molecule has 0 amide bonds. The number of H-pyrrole nitrogens is 1. The van der Waals surface area contributed by atoms with Crippen LogP contribution in [0.1, 0.15) is 39.2 Å². The van der Waals surface area contributed by atoms with Crippen LogP contribution in [0, 0.1) is 22.7 Å². The summed E-state index contributed by atoms with van der Waals surface area (Å²) in [5, 5.41) is 28.2. The highest BCUT2D eigenvalue weighted by atomic mass is 35.5. The van der Waals surface area contributed by atoms with Gasteiger partial charge in [-0.1, -0.05) is 18.5 Å². The van der Waals surface area contributed by atoms with Gasteiger partial charge in [0, 0.05) is 19.3 Å². The molecule has 5 rings (SSSR count). The molecule has 3 aromatic rings. The molecule has 3 aromatic heterocycles. The van der Waals surface area contributed by atoms with Crippen LogP contribution in [-0.4, -0.2) is 48.5 Å². The van der Waals surface area contributed by atoms with E-state index in [1.807, 2.05) is 0 Å². The third kappa shape index (κ3) is 3.40. The van der Waals surface area contributed by atoms with Crippen molar-refractivity contribution >= 4 is 40.1 Å². The molecule has 2 aliphatic rings. The lowest BCUT2D eigenvalue weighted by molar-refractivity contribution is 0.0578. The second kappa shape index (κ2) is 6.84. The molecule has 1 saturated carbocycles. The Bertz CT molecular complexity index is 1200. The van der Waals surface area contributed by atoms with Gasteiger partial charge < -0.3 is 20.3 Å². The van der Waals surface area contributed by atoms with Crippen LogP contribution in [0.3, 0.4) is 0 Å². The van der Waals surface area contributed by atoms with E-state index in [1.54, 1.807) is 26.2 Å². The number of anilines is 3. The van der Waals surface area contributed by atoms with Crippen LogP contribution >= 0.6 is 11.6 Å². The lowest BCUT2D eigenvalue weighted by Gasteiger charge is -2.23. The van der Waals surface area contributed by atoms with Crippen molar-refractivity contribution in [3.8, 4) is 6.07 Å². The lowest BCUT2D eigenvalue weighted by atomic mass is 10.0. The van der Waals surface area contributed by atoms with E-state index < -0.39 is 5.60 Å². The molecule has 0 aromatic carbocycles. The predicted octanol–water partition coefficient (Wildman–Crippen LogP) is 3.43. The molecule has 2 unspecified atom stereocenters. The monoisotopic (exact) mass is 440 g/mol. The number of rotatable bonds is 6. The first-order valence-corrected chi connectivity index (χ1v) is 10.9. The number of hydrogen-bond acceptors (Lipinski definition) is 7. The summed E-state index contributed by atoms with van der Waals surface area (Å²) in [6.45, 7) is 7.79. The van der Waals surface area contributed by atoms with Crippen molar-refractivity contribution in [2.45, 2.75) is 45.8 Å². The Hall–Kier alpha value is -2.83. The lowest BCUT2D eigenvalue weighted by Crippen LogP contribution is -2.26. The Kier molecular flexibility index (Phi) is 4.43. The van der Waals surface area contributed by atoms with Gasteiger partial charge in [-0.2, -0.15) is 20.3 Å². The standard InChI is InChI=1S/C21H25ClN8O/c1-4-21-5-13(21)9-29(11-21)18-15-12(6-23)7-24-17(15)27-19(28-18)26-14-8-25-30(16(14)22)10-20(2,3)31/h7-8,13,31H,4-5,9-11H2,1-3H3,(H2,24,26,27,28). The largest absolute Gasteiger partial charge is 0.389 e. The molecule has 162 valence electrons. The molecule has 0 spiro atoms. The van der Waals surface area contributed by atoms with E-state index in [4.69, 9.17) is 16.6 Å². The zero-order valence-corrected chi connectivity index (χ0v) is 18.5. The van der Waals surface area contributed by atoms with Crippen molar-refractivity contribution in [2.24, 2.45) is 11.3 Å². The number of hydrogen-bond donors (Lipinski definition) is 3. The molecule has 1 aliphatic carbocycles. The van der Waals surface area contributed by atoms with E-state index in [1.165, 1.54) is 11.1 Å². The number of nitriles is 1. The second-order valence-corrected chi connectivity index (χ2v) is 9.71. The normalized spacial score (nSPS) is 22.6. The van der Waals surface area contributed by atoms with E-state index in [-0.39, 0.29) is 6.54 Å². The van der Waals surface area contributed by atoms with Crippen LogP contribution in [0.5, 0.6) is 0 Å². The number of aromatic amines is 1. The van der Waals surface area contributed by atoms with Crippen LogP contribution in [0.15, 0.2) is 12.4 Å². The smallest absolute Gasteiger partial charge is 0.231 e. The first-order chi connectivity index (χ1) is 14.7. The summed E-state index contributed by atoms with van der Waals surface area (Å²) in [4.78, 5) is 14.7. The number of nitrogens with one attached hydrogen (secondary N) is 2. The number of halogens is 1. The molecule has 3 N–H and O–H groups in total. The maximum atomic E-state index is 10.1. The molecular formula is C21H25ClN8O. The Labute approximate surface area is 185 Å². The summed E-state index contributed by atoms with van der Waals surface area (Å²) in [5.41, 5.74) is 1.14. The molecule has 9 nitrogen and oxygen atoms in total. The van der Waals surface area contributed by atoms with Gasteiger partial charge in [-0.05, 0) is 38.0 Å². The first-order valence-electron chi connectivity index (χ1n) is 10.5. The Morgan fingerprint density at radius 3 is 2.94 bits per heavy atom. The average Bonchev–Trinajstić information content (AvgIpc) is 3.00. The fourth-order valence-electron chi connectivity index (χ4n) is 4.74. The van der Waals surface area contributed by atoms with Crippen LogP contribution in [0.25, 0.3) is 11.0 Å². The second-order valence-electron chi connectivity index (χ2n) is 9.35. The Balaban J connectivity index is 1.51. The van der Waals surface area contributed by atoms with Gasteiger partial charge >= 0.3 is 0 Å². The van der Waals surface area contributed by atoms with Gasteiger partial charge in [0.15, 0.2) is 5.15 Å². The van der Waals surface area contributed by atoms with Crippen molar-refractivity contribution in [3.05, 3.63) is 23.1 Å². The number of piperidine rings is 1. The minimum atomic E-state index is -0.945. The molecule has 31 heavy (non-hydrogen) atoms. The summed E-state index contributed by atoms with van der Waals surface area (Å²) in [5.74, 6) is 1.84.